The molecule has 0 radical (unpaired) electrons. The second-order valence-electron chi connectivity index (χ2n) is 4.48. The van der Waals surface area contributed by atoms with Crippen LogP contribution < -0.4 is 4.74 Å². The Labute approximate surface area is 111 Å². The topological polar surface area (TPSA) is 64.4 Å². The van der Waals surface area contributed by atoms with Gasteiger partial charge in [0.25, 0.3) is 0 Å². The highest BCUT2D eigenvalue weighted by Gasteiger charge is 2.24. The van der Waals surface area contributed by atoms with Crippen LogP contribution in [0, 0.1) is 6.92 Å². The van der Waals surface area contributed by atoms with Crippen molar-refractivity contribution in [2.75, 3.05) is 0 Å². The molecule has 0 aliphatic rings. The van der Waals surface area contributed by atoms with Gasteiger partial charge >= 0.3 is 5.97 Å². The Bertz CT molecular complexity index is 588. The first-order valence-electron chi connectivity index (χ1n) is 6.05. The highest BCUT2D eigenvalue weighted by atomic mass is 16.5. The number of carboxylic acids is 1. The predicted molar refractivity (Wildman–Crippen MR) is 71.0 cm³/mol. The lowest BCUT2D eigenvalue weighted by atomic mass is 10.3. The van der Waals surface area contributed by atoms with Gasteiger partial charge in [-0.1, -0.05) is 18.2 Å². The normalized spacial score (nSPS) is 10.7. The Morgan fingerprint density at radius 3 is 2.47 bits per heavy atom. The van der Waals surface area contributed by atoms with E-state index < -0.39 is 5.97 Å². The van der Waals surface area contributed by atoms with Gasteiger partial charge in [-0.2, -0.15) is 5.10 Å². The zero-order chi connectivity index (χ0) is 14.0. The first kappa shape index (κ1) is 13.1. The van der Waals surface area contributed by atoms with Gasteiger partial charge in [-0.05, 0) is 32.9 Å². The molecular weight excluding hydrogens is 244 g/mol. The predicted octanol–water partition coefficient (Wildman–Crippen LogP) is 2.67. The van der Waals surface area contributed by atoms with E-state index >= 15 is 0 Å². The first-order chi connectivity index (χ1) is 9.00. The zero-order valence-electron chi connectivity index (χ0n) is 11.1. The standard InChI is InChI=1S/C14H16N2O3/c1-9(2)19-13-10(3)15-16(12(13)14(17)18)11-7-5-4-6-8-11/h4-9H,1-3H3,(H,17,18). The summed E-state index contributed by atoms with van der Waals surface area (Å²) in [5.41, 5.74) is 1.31. The van der Waals surface area contributed by atoms with Gasteiger partial charge in [-0.25, -0.2) is 9.48 Å². The number of hydrogen-bond acceptors (Lipinski definition) is 3. The van der Waals surface area contributed by atoms with Crippen molar-refractivity contribution in [2.24, 2.45) is 0 Å². The minimum atomic E-state index is -1.06. The van der Waals surface area contributed by atoms with Crippen molar-refractivity contribution in [3.8, 4) is 11.4 Å². The number of carboxylic acid groups (broad SMARTS) is 1. The van der Waals surface area contributed by atoms with E-state index in [0.29, 0.717) is 17.1 Å². The molecule has 2 aromatic rings. The summed E-state index contributed by atoms with van der Waals surface area (Å²) in [5.74, 6) is -0.730. The summed E-state index contributed by atoms with van der Waals surface area (Å²) in [4.78, 5) is 11.5. The van der Waals surface area contributed by atoms with Crippen molar-refractivity contribution in [3.63, 3.8) is 0 Å². The number of aromatic carboxylic acids is 1. The molecule has 1 aromatic heterocycles. The van der Waals surface area contributed by atoms with Gasteiger partial charge in [-0.3, -0.25) is 0 Å². The minimum Gasteiger partial charge on any atom is -0.486 e. The van der Waals surface area contributed by atoms with Crippen LogP contribution in [0.3, 0.4) is 0 Å². The second kappa shape index (κ2) is 5.14. The van der Waals surface area contributed by atoms with E-state index in [-0.39, 0.29) is 11.8 Å². The van der Waals surface area contributed by atoms with Crippen molar-refractivity contribution in [3.05, 3.63) is 41.7 Å². The maximum absolute atomic E-state index is 11.5. The molecule has 0 bridgehead atoms. The fourth-order valence-corrected chi connectivity index (χ4v) is 1.83. The molecule has 0 saturated carbocycles. The van der Waals surface area contributed by atoms with E-state index in [0.717, 1.165) is 0 Å². The molecule has 1 heterocycles. The molecule has 0 spiro atoms. The van der Waals surface area contributed by atoms with Crippen LogP contribution in [0.4, 0.5) is 0 Å². The summed E-state index contributed by atoms with van der Waals surface area (Å²) in [5, 5.41) is 13.7. The molecule has 0 unspecified atom stereocenters. The van der Waals surface area contributed by atoms with Crippen molar-refractivity contribution in [1.29, 1.82) is 0 Å². The van der Waals surface area contributed by atoms with Gasteiger partial charge in [0.15, 0.2) is 11.4 Å². The molecule has 0 aliphatic heterocycles. The zero-order valence-corrected chi connectivity index (χ0v) is 11.1. The Balaban J connectivity index is 2.59. The summed E-state index contributed by atoms with van der Waals surface area (Å²) in [6.45, 7) is 5.44. The van der Waals surface area contributed by atoms with E-state index in [4.69, 9.17) is 4.74 Å². The Hall–Kier alpha value is -2.30. The number of carbonyl (C=O) groups is 1. The number of aryl methyl sites for hydroxylation is 1. The maximum atomic E-state index is 11.5. The number of hydrogen-bond donors (Lipinski definition) is 1. The van der Waals surface area contributed by atoms with Crippen molar-refractivity contribution in [2.45, 2.75) is 26.9 Å². The third kappa shape index (κ3) is 2.59. The van der Waals surface area contributed by atoms with E-state index in [1.54, 1.807) is 19.1 Å². The lowest BCUT2D eigenvalue weighted by molar-refractivity contribution is 0.0680. The average molecular weight is 260 g/mol. The van der Waals surface area contributed by atoms with Gasteiger partial charge < -0.3 is 9.84 Å². The number of benzene rings is 1. The van der Waals surface area contributed by atoms with Crippen LogP contribution >= 0.6 is 0 Å². The summed E-state index contributed by atoms with van der Waals surface area (Å²) in [6.07, 6.45) is -0.106. The van der Waals surface area contributed by atoms with Crippen molar-refractivity contribution in [1.82, 2.24) is 9.78 Å². The minimum absolute atomic E-state index is 0.0531. The third-order valence-electron chi connectivity index (χ3n) is 2.56. The Morgan fingerprint density at radius 1 is 1.32 bits per heavy atom. The molecule has 0 aliphatic carbocycles. The molecule has 19 heavy (non-hydrogen) atoms. The van der Waals surface area contributed by atoms with E-state index in [9.17, 15) is 9.90 Å². The van der Waals surface area contributed by atoms with Gasteiger partial charge in [0.2, 0.25) is 0 Å². The van der Waals surface area contributed by atoms with Crippen LogP contribution in [0.15, 0.2) is 30.3 Å². The quantitative estimate of drug-likeness (QED) is 0.917. The van der Waals surface area contributed by atoms with E-state index in [1.165, 1.54) is 4.68 Å². The molecule has 0 atom stereocenters. The van der Waals surface area contributed by atoms with Crippen molar-refractivity contribution >= 4 is 5.97 Å². The molecule has 0 amide bonds. The number of para-hydroxylation sites is 1. The molecule has 1 aromatic carbocycles. The van der Waals surface area contributed by atoms with Gasteiger partial charge in [0, 0.05) is 0 Å². The summed E-state index contributed by atoms with van der Waals surface area (Å²) in [7, 11) is 0. The highest BCUT2D eigenvalue weighted by molar-refractivity contribution is 5.90. The number of ether oxygens (including phenoxy) is 1. The molecule has 100 valence electrons. The Kier molecular flexibility index (Phi) is 3.55. The maximum Gasteiger partial charge on any atom is 0.358 e. The SMILES string of the molecule is Cc1nn(-c2ccccc2)c(C(=O)O)c1OC(C)C. The van der Waals surface area contributed by atoms with Crippen LogP contribution in [-0.4, -0.2) is 27.0 Å². The molecule has 0 saturated heterocycles. The average Bonchev–Trinajstić information content (AvgIpc) is 2.67. The highest BCUT2D eigenvalue weighted by Crippen LogP contribution is 2.27. The van der Waals surface area contributed by atoms with Gasteiger partial charge in [0.1, 0.15) is 5.69 Å². The molecule has 5 nitrogen and oxygen atoms in total. The number of aromatic nitrogens is 2. The molecule has 5 heteroatoms. The van der Waals surface area contributed by atoms with Gasteiger partial charge in [0.05, 0.1) is 11.8 Å². The molecule has 0 fully saturated rings. The van der Waals surface area contributed by atoms with Crippen molar-refractivity contribution < 1.29 is 14.6 Å². The second-order valence-corrected chi connectivity index (χ2v) is 4.48. The number of rotatable bonds is 4. The monoisotopic (exact) mass is 260 g/mol. The molecule has 1 N–H and O–H groups in total. The van der Waals surface area contributed by atoms with Crippen LogP contribution in [0.5, 0.6) is 5.75 Å². The molecule has 2 rings (SSSR count). The van der Waals surface area contributed by atoms with E-state index in [1.807, 2.05) is 32.0 Å². The number of nitrogens with zero attached hydrogens (tertiary/aromatic N) is 2. The molecular formula is C14H16N2O3. The summed E-state index contributed by atoms with van der Waals surface area (Å²) in [6, 6.07) is 9.14. The lowest BCUT2D eigenvalue weighted by Gasteiger charge is -2.10. The van der Waals surface area contributed by atoms with Crippen LogP contribution in [0.25, 0.3) is 5.69 Å². The van der Waals surface area contributed by atoms with Crippen LogP contribution in [0.2, 0.25) is 0 Å². The third-order valence-corrected chi connectivity index (χ3v) is 2.56. The van der Waals surface area contributed by atoms with E-state index in [2.05, 4.69) is 5.10 Å². The van der Waals surface area contributed by atoms with Crippen LogP contribution in [-0.2, 0) is 0 Å². The smallest absolute Gasteiger partial charge is 0.358 e. The fraction of sp³-hybridized carbons (Fsp3) is 0.286. The summed E-state index contributed by atoms with van der Waals surface area (Å²) >= 11 is 0. The lowest BCUT2D eigenvalue weighted by Crippen LogP contribution is -2.12. The Morgan fingerprint density at radius 2 is 1.95 bits per heavy atom. The largest absolute Gasteiger partial charge is 0.486 e. The summed E-state index contributed by atoms with van der Waals surface area (Å²) < 4.78 is 6.97. The first-order valence-corrected chi connectivity index (χ1v) is 6.05. The fourth-order valence-electron chi connectivity index (χ4n) is 1.83. The van der Waals surface area contributed by atoms with Gasteiger partial charge in [-0.15, -0.1) is 0 Å². The van der Waals surface area contributed by atoms with Crippen LogP contribution in [0.1, 0.15) is 30.0 Å².